The average Bonchev–Trinajstić information content (AvgIpc) is 3.33. The van der Waals surface area contributed by atoms with Gasteiger partial charge in [-0.3, -0.25) is 9.36 Å². The normalized spacial score (nSPS) is 18.3. The van der Waals surface area contributed by atoms with Crippen LogP contribution in [0, 0.1) is 5.82 Å². The maximum absolute atomic E-state index is 13.8. The number of methoxy groups -OCH3 is 1. The van der Waals surface area contributed by atoms with Crippen LogP contribution in [-0.2, 0) is 6.54 Å². The third-order valence-corrected chi connectivity index (χ3v) is 6.97. The first-order chi connectivity index (χ1) is 17.5. The molecule has 2 N–H and O–H groups in total. The fourth-order valence-electron chi connectivity index (χ4n) is 5.17. The summed E-state index contributed by atoms with van der Waals surface area (Å²) in [5, 5.41) is 4.49. The maximum Gasteiger partial charge on any atom is 0.345 e. The summed E-state index contributed by atoms with van der Waals surface area (Å²) in [5.41, 5.74) is 2.33. The number of aromatic amines is 1. The van der Waals surface area contributed by atoms with Crippen LogP contribution in [0.3, 0.4) is 0 Å². The molecule has 0 bridgehead atoms. The molecule has 1 saturated carbocycles. The fourth-order valence-corrected chi connectivity index (χ4v) is 5.17. The van der Waals surface area contributed by atoms with E-state index < -0.39 is 11.4 Å². The van der Waals surface area contributed by atoms with Crippen molar-refractivity contribution in [3.8, 4) is 5.88 Å². The molecular formula is C26H24FN5O4. The van der Waals surface area contributed by atoms with Gasteiger partial charge >= 0.3 is 5.63 Å². The van der Waals surface area contributed by atoms with Crippen molar-refractivity contribution in [1.29, 1.82) is 0 Å². The van der Waals surface area contributed by atoms with Gasteiger partial charge in [0.25, 0.3) is 5.56 Å². The van der Waals surface area contributed by atoms with Crippen molar-refractivity contribution in [3.63, 3.8) is 0 Å². The molecule has 0 unspecified atom stereocenters. The van der Waals surface area contributed by atoms with Crippen molar-refractivity contribution in [1.82, 2.24) is 24.8 Å². The molecule has 36 heavy (non-hydrogen) atoms. The van der Waals surface area contributed by atoms with Gasteiger partial charge in [-0.2, -0.15) is 4.98 Å². The second-order valence-corrected chi connectivity index (χ2v) is 9.16. The van der Waals surface area contributed by atoms with Crippen molar-refractivity contribution in [3.05, 3.63) is 74.9 Å². The molecule has 0 spiro atoms. The molecule has 0 aliphatic heterocycles. The van der Waals surface area contributed by atoms with E-state index in [2.05, 4.69) is 20.3 Å². The zero-order valence-corrected chi connectivity index (χ0v) is 19.6. The van der Waals surface area contributed by atoms with Crippen molar-refractivity contribution < 1.29 is 13.5 Å². The summed E-state index contributed by atoms with van der Waals surface area (Å²) >= 11 is 0. The summed E-state index contributed by atoms with van der Waals surface area (Å²) < 4.78 is 26.1. The van der Waals surface area contributed by atoms with E-state index in [1.165, 1.54) is 24.4 Å². The van der Waals surface area contributed by atoms with Gasteiger partial charge < -0.3 is 19.5 Å². The number of aromatic nitrogens is 4. The minimum absolute atomic E-state index is 0.0274. The third-order valence-electron chi connectivity index (χ3n) is 6.97. The van der Waals surface area contributed by atoms with Gasteiger partial charge in [0.05, 0.1) is 24.2 Å². The summed E-state index contributed by atoms with van der Waals surface area (Å²) in [4.78, 5) is 37.0. The van der Waals surface area contributed by atoms with Gasteiger partial charge in [0.15, 0.2) is 5.65 Å². The molecular weight excluding hydrogens is 465 g/mol. The summed E-state index contributed by atoms with van der Waals surface area (Å²) in [7, 11) is 1.55. The van der Waals surface area contributed by atoms with Crippen molar-refractivity contribution >= 4 is 33.0 Å². The van der Waals surface area contributed by atoms with Gasteiger partial charge in [-0.05, 0) is 56.0 Å². The van der Waals surface area contributed by atoms with Gasteiger partial charge in [-0.15, -0.1) is 0 Å². The number of H-pyrrole nitrogens is 1. The quantitative estimate of drug-likeness (QED) is 0.361. The number of ether oxygens (including phenoxy) is 1. The molecule has 4 aromatic heterocycles. The Kier molecular flexibility index (Phi) is 5.52. The van der Waals surface area contributed by atoms with E-state index >= 15 is 0 Å². The first-order valence-corrected chi connectivity index (χ1v) is 11.9. The van der Waals surface area contributed by atoms with E-state index in [9.17, 15) is 14.0 Å². The van der Waals surface area contributed by atoms with Crippen LogP contribution in [0.1, 0.15) is 37.4 Å². The van der Waals surface area contributed by atoms with Crippen LogP contribution in [0.2, 0.25) is 0 Å². The van der Waals surface area contributed by atoms with Crippen molar-refractivity contribution in [2.24, 2.45) is 0 Å². The fraction of sp³-hybridized carbons (Fsp3) is 0.308. The van der Waals surface area contributed by atoms with Crippen LogP contribution < -0.4 is 21.2 Å². The number of nitrogens with one attached hydrogen (secondary N) is 2. The number of fused-ring (bicyclic) bond motifs is 4. The zero-order valence-electron chi connectivity index (χ0n) is 19.6. The molecule has 1 aliphatic rings. The SMILES string of the molecule is COc1ccc2ncc(=O)n(C3CCC(NCc4cc5c(=O)oc6ccc(F)cc6c5[nH]4)CC3)c2n1. The Balaban J connectivity index is 1.18. The van der Waals surface area contributed by atoms with E-state index in [-0.39, 0.29) is 17.6 Å². The van der Waals surface area contributed by atoms with Crippen LogP contribution >= 0.6 is 0 Å². The molecule has 6 rings (SSSR count). The molecule has 184 valence electrons. The van der Waals surface area contributed by atoms with E-state index in [0.29, 0.717) is 45.5 Å². The highest BCUT2D eigenvalue weighted by Crippen LogP contribution is 2.30. The number of nitrogens with zero attached hydrogens (tertiary/aromatic N) is 3. The van der Waals surface area contributed by atoms with E-state index in [1.54, 1.807) is 23.8 Å². The Morgan fingerprint density at radius 2 is 1.97 bits per heavy atom. The lowest BCUT2D eigenvalue weighted by molar-refractivity contribution is 0.288. The number of halogens is 1. The van der Waals surface area contributed by atoms with Crippen LogP contribution in [0.5, 0.6) is 5.88 Å². The Morgan fingerprint density at radius 3 is 2.78 bits per heavy atom. The lowest BCUT2D eigenvalue weighted by Gasteiger charge is -2.30. The van der Waals surface area contributed by atoms with E-state index in [1.807, 2.05) is 6.07 Å². The van der Waals surface area contributed by atoms with Gasteiger partial charge in [0.1, 0.15) is 16.9 Å². The number of rotatable bonds is 5. The maximum atomic E-state index is 13.8. The summed E-state index contributed by atoms with van der Waals surface area (Å²) in [6.07, 6.45) is 4.73. The topological polar surface area (TPSA) is 115 Å². The van der Waals surface area contributed by atoms with Crippen LogP contribution in [0.25, 0.3) is 33.0 Å². The average molecular weight is 490 g/mol. The van der Waals surface area contributed by atoms with Crippen LogP contribution in [-0.4, -0.2) is 32.7 Å². The van der Waals surface area contributed by atoms with Gasteiger partial charge in [0.2, 0.25) is 5.88 Å². The molecule has 0 amide bonds. The number of pyridine rings is 1. The lowest BCUT2D eigenvalue weighted by atomic mass is 9.90. The second kappa shape index (κ2) is 8.87. The molecule has 10 heteroatoms. The molecule has 9 nitrogen and oxygen atoms in total. The molecule has 1 fully saturated rings. The number of benzene rings is 1. The third kappa shape index (κ3) is 3.93. The Bertz CT molecular complexity index is 1720. The number of hydrogen-bond donors (Lipinski definition) is 2. The first kappa shape index (κ1) is 22.4. The largest absolute Gasteiger partial charge is 0.481 e. The predicted octanol–water partition coefficient (Wildman–Crippen LogP) is 3.80. The minimum atomic E-state index is -0.452. The molecule has 4 heterocycles. The molecule has 1 aliphatic carbocycles. The standard InChI is InChI=1S/C26H24FN5O4/c1-35-22-9-7-20-25(31-22)32(23(33)13-29-20)17-5-3-15(4-6-17)28-12-16-11-19-24(30-16)18-10-14(27)2-8-21(18)36-26(19)34/h2,7-11,13,15,17,28,30H,3-6,12H2,1H3. The van der Waals surface area contributed by atoms with E-state index in [4.69, 9.17) is 9.15 Å². The molecule has 0 radical (unpaired) electrons. The highest BCUT2D eigenvalue weighted by atomic mass is 19.1. The first-order valence-electron chi connectivity index (χ1n) is 11.9. The van der Waals surface area contributed by atoms with Gasteiger partial charge in [-0.1, -0.05) is 0 Å². The molecule has 5 aromatic rings. The minimum Gasteiger partial charge on any atom is -0.481 e. The van der Waals surface area contributed by atoms with Crippen LogP contribution in [0.4, 0.5) is 4.39 Å². The second-order valence-electron chi connectivity index (χ2n) is 9.16. The predicted molar refractivity (Wildman–Crippen MR) is 133 cm³/mol. The molecule has 0 saturated heterocycles. The summed E-state index contributed by atoms with van der Waals surface area (Å²) in [6.45, 7) is 0.525. The van der Waals surface area contributed by atoms with Crippen molar-refractivity contribution in [2.45, 2.75) is 44.3 Å². The molecule has 0 atom stereocenters. The summed E-state index contributed by atoms with van der Waals surface area (Å²) in [5.74, 6) is 0.0558. The smallest absolute Gasteiger partial charge is 0.345 e. The Hall–Kier alpha value is -4.05. The number of hydrogen-bond acceptors (Lipinski definition) is 7. The van der Waals surface area contributed by atoms with Crippen molar-refractivity contribution in [2.75, 3.05) is 7.11 Å². The molecule has 1 aromatic carbocycles. The zero-order chi connectivity index (χ0) is 24.8. The highest BCUT2D eigenvalue weighted by Gasteiger charge is 2.25. The monoisotopic (exact) mass is 489 g/mol. The summed E-state index contributed by atoms with van der Waals surface area (Å²) in [6, 6.07) is 9.68. The van der Waals surface area contributed by atoms with Crippen LogP contribution in [0.15, 0.2) is 56.6 Å². The Labute approximate surface area is 203 Å². The van der Waals surface area contributed by atoms with Gasteiger partial charge in [-0.25, -0.2) is 14.2 Å². The van der Waals surface area contributed by atoms with E-state index in [0.717, 1.165) is 31.4 Å². The van der Waals surface area contributed by atoms with Gasteiger partial charge in [0, 0.05) is 35.8 Å². The highest BCUT2D eigenvalue weighted by molar-refractivity contribution is 6.02. The Morgan fingerprint density at radius 1 is 1.14 bits per heavy atom. The lowest BCUT2D eigenvalue weighted by Crippen LogP contribution is -2.36.